The minimum Gasteiger partial charge on any atom is -0.398 e. The van der Waals surface area contributed by atoms with Crippen molar-refractivity contribution in [2.75, 3.05) is 17.2 Å². The molecule has 2 N–H and O–H groups in total. The normalized spacial score (nSPS) is 10.4. The lowest BCUT2D eigenvalue weighted by atomic mass is 10.1. The van der Waals surface area contributed by atoms with Crippen LogP contribution in [0.1, 0.15) is 18.9 Å². The first kappa shape index (κ1) is 13.8. The van der Waals surface area contributed by atoms with E-state index in [-0.39, 0.29) is 0 Å². The molecule has 0 fully saturated rings. The zero-order valence-electron chi connectivity index (χ0n) is 10.9. The van der Waals surface area contributed by atoms with Crippen LogP contribution in [-0.2, 0) is 6.54 Å². The summed E-state index contributed by atoms with van der Waals surface area (Å²) in [6.45, 7) is 3.76. The summed E-state index contributed by atoms with van der Waals surface area (Å²) in [5, 5.41) is 0. The molecule has 0 aliphatic rings. The summed E-state index contributed by atoms with van der Waals surface area (Å²) < 4.78 is 0.881. The molecule has 100 valence electrons. The van der Waals surface area contributed by atoms with Gasteiger partial charge >= 0.3 is 0 Å². The second-order valence-corrected chi connectivity index (χ2v) is 5.24. The van der Waals surface area contributed by atoms with Crippen LogP contribution in [0.25, 0.3) is 0 Å². The van der Waals surface area contributed by atoms with Gasteiger partial charge in [0.15, 0.2) is 0 Å². The van der Waals surface area contributed by atoms with Crippen molar-refractivity contribution < 1.29 is 0 Å². The van der Waals surface area contributed by atoms with Crippen LogP contribution < -0.4 is 10.6 Å². The Morgan fingerprint density at radius 2 is 1.89 bits per heavy atom. The number of nitrogen functional groups attached to an aromatic ring is 1. The summed E-state index contributed by atoms with van der Waals surface area (Å²) in [5.41, 5.74) is 7.90. The van der Waals surface area contributed by atoms with Gasteiger partial charge in [-0.05, 0) is 34.0 Å². The Morgan fingerprint density at radius 3 is 2.53 bits per heavy atom. The molecule has 5 heteroatoms. The SMILES string of the molecule is CCCN(Cc1ccccc1N)c1ncc(Br)cn1. The minimum atomic E-state index is 0.724. The van der Waals surface area contributed by atoms with Gasteiger partial charge in [-0.15, -0.1) is 0 Å². The van der Waals surface area contributed by atoms with E-state index in [1.54, 1.807) is 12.4 Å². The molecule has 0 bridgehead atoms. The van der Waals surface area contributed by atoms with Crippen molar-refractivity contribution in [3.8, 4) is 0 Å². The van der Waals surface area contributed by atoms with Crippen LogP contribution in [0.3, 0.4) is 0 Å². The molecule has 2 rings (SSSR count). The van der Waals surface area contributed by atoms with Gasteiger partial charge in [-0.25, -0.2) is 9.97 Å². The first-order chi connectivity index (χ1) is 9.20. The average molecular weight is 321 g/mol. The van der Waals surface area contributed by atoms with Crippen molar-refractivity contribution in [2.45, 2.75) is 19.9 Å². The largest absolute Gasteiger partial charge is 0.398 e. The third kappa shape index (κ3) is 3.67. The Labute approximate surface area is 121 Å². The quantitative estimate of drug-likeness (QED) is 0.859. The van der Waals surface area contributed by atoms with E-state index in [2.05, 4.69) is 37.7 Å². The highest BCUT2D eigenvalue weighted by Crippen LogP contribution is 2.18. The molecule has 0 saturated heterocycles. The van der Waals surface area contributed by atoms with Crippen LogP contribution in [0, 0.1) is 0 Å². The van der Waals surface area contributed by atoms with E-state index in [0.717, 1.165) is 41.2 Å². The van der Waals surface area contributed by atoms with E-state index >= 15 is 0 Å². The van der Waals surface area contributed by atoms with E-state index in [4.69, 9.17) is 5.73 Å². The van der Waals surface area contributed by atoms with E-state index in [0.29, 0.717) is 0 Å². The molecule has 0 radical (unpaired) electrons. The van der Waals surface area contributed by atoms with E-state index in [1.807, 2.05) is 24.3 Å². The summed E-state index contributed by atoms with van der Waals surface area (Å²) in [6, 6.07) is 7.90. The lowest BCUT2D eigenvalue weighted by Crippen LogP contribution is -2.25. The van der Waals surface area contributed by atoms with Crippen LogP contribution in [-0.4, -0.2) is 16.5 Å². The number of hydrogen-bond acceptors (Lipinski definition) is 4. The van der Waals surface area contributed by atoms with Gasteiger partial charge in [0.05, 0.1) is 4.47 Å². The second-order valence-electron chi connectivity index (χ2n) is 4.32. The van der Waals surface area contributed by atoms with Gasteiger partial charge in [0.25, 0.3) is 0 Å². The number of aromatic nitrogens is 2. The molecule has 0 spiro atoms. The second kappa shape index (κ2) is 6.52. The maximum atomic E-state index is 5.99. The molecule has 1 aromatic heterocycles. The number of anilines is 2. The number of para-hydroxylation sites is 1. The van der Waals surface area contributed by atoms with Gasteiger partial charge < -0.3 is 10.6 Å². The van der Waals surface area contributed by atoms with Gasteiger partial charge in [-0.1, -0.05) is 25.1 Å². The molecule has 0 aliphatic carbocycles. The molecule has 0 atom stereocenters. The van der Waals surface area contributed by atoms with Crippen molar-refractivity contribution in [3.63, 3.8) is 0 Å². The first-order valence-electron chi connectivity index (χ1n) is 6.26. The molecule has 1 aromatic carbocycles. The molecule has 19 heavy (non-hydrogen) atoms. The zero-order chi connectivity index (χ0) is 13.7. The standard InChI is InChI=1S/C14H17BrN4/c1-2-7-19(14-17-8-12(15)9-18-14)10-11-5-3-4-6-13(11)16/h3-6,8-9H,2,7,10,16H2,1H3. The summed E-state index contributed by atoms with van der Waals surface area (Å²) in [5.74, 6) is 0.730. The van der Waals surface area contributed by atoms with Crippen LogP contribution >= 0.6 is 15.9 Å². The molecule has 1 heterocycles. The third-order valence-corrected chi connectivity index (χ3v) is 3.21. The Kier molecular flexibility index (Phi) is 4.74. The zero-order valence-corrected chi connectivity index (χ0v) is 12.5. The molecular formula is C14H17BrN4. The fourth-order valence-electron chi connectivity index (χ4n) is 1.87. The Bertz CT molecular complexity index is 527. The molecule has 4 nitrogen and oxygen atoms in total. The van der Waals surface area contributed by atoms with Gasteiger partial charge in [0.2, 0.25) is 5.95 Å². The smallest absolute Gasteiger partial charge is 0.225 e. The number of nitrogens with zero attached hydrogens (tertiary/aromatic N) is 3. The van der Waals surface area contributed by atoms with E-state index < -0.39 is 0 Å². The van der Waals surface area contributed by atoms with Gasteiger partial charge in [0, 0.05) is 31.2 Å². The predicted molar refractivity (Wildman–Crippen MR) is 81.9 cm³/mol. The number of hydrogen-bond donors (Lipinski definition) is 1. The maximum absolute atomic E-state index is 5.99. The van der Waals surface area contributed by atoms with Gasteiger partial charge in [-0.2, -0.15) is 0 Å². The fraction of sp³-hybridized carbons (Fsp3) is 0.286. The van der Waals surface area contributed by atoms with Crippen molar-refractivity contribution in [1.82, 2.24) is 9.97 Å². The van der Waals surface area contributed by atoms with Gasteiger partial charge in [-0.3, -0.25) is 0 Å². The minimum absolute atomic E-state index is 0.724. The molecule has 0 saturated carbocycles. The van der Waals surface area contributed by atoms with Crippen LogP contribution in [0.5, 0.6) is 0 Å². The monoisotopic (exact) mass is 320 g/mol. The highest BCUT2D eigenvalue weighted by atomic mass is 79.9. The van der Waals surface area contributed by atoms with Crippen molar-refractivity contribution in [1.29, 1.82) is 0 Å². The molecule has 0 aliphatic heterocycles. The predicted octanol–water partition coefficient (Wildman–Crippen LogP) is 3.24. The summed E-state index contributed by atoms with van der Waals surface area (Å²) >= 11 is 3.35. The maximum Gasteiger partial charge on any atom is 0.225 e. The topological polar surface area (TPSA) is 55.0 Å². The van der Waals surface area contributed by atoms with Crippen molar-refractivity contribution in [2.24, 2.45) is 0 Å². The van der Waals surface area contributed by atoms with Crippen LogP contribution in [0.4, 0.5) is 11.6 Å². The summed E-state index contributed by atoms with van der Waals surface area (Å²) in [6.07, 6.45) is 4.56. The Balaban J connectivity index is 2.21. The van der Waals surface area contributed by atoms with E-state index in [1.165, 1.54) is 0 Å². The van der Waals surface area contributed by atoms with Crippen molar-refractivity contribution >= 4 is 27.6 Å². The average Bonchev–Trinajstić information content (AvgIpc) is 2.42. The summed E-state index contributed by atoms with van der Waals surface area (Å²) in [4.78, 5) is 10.8. The molecule has 0 amide bonds. The fourth-order valence-corrected chi connectivity index (χ4v) is 2.08. The van der Waals surface area contributed by atoms with Crippen molar-refractivity contribution in [3.05, 3.63) is 46.7 Å². The lowest BCUT2D eigenvalue weighted by molar-refractivity contribution is 0.739. The lowest BCUT2D eigenvalue weighted by Gasteiger charge is -2.22. The van der Waals surface area contributed by atoms with Crippen LogP contribution in [0.15, 0.2) is 41.1 Å². The highest BCUT2D eigenvalue weighted by Gasteiger charge is 2.10. The van der Waals surface area contributed by atoms with E-state index in [9.17, 15) is 0 Å². The summed E-state index contributed by atoms with van der Waals surface area (Å²) in [7, 11) is 0. The number of halogens is 1. The number of rotatable bonds is 5. The number of nitrogens with two attached hydrogens (primary N) is 1. The molecular weight excluding hydrogens is 304 g/mol. The van der Waals surface area contributed by atoms with Crippen LogP contribution in [0.2, 0.25) is 0 Å². The van der Waals surface area contributed by atoms with Gasteiger partial charge in [0.1, 0.15) is 0 Å². The molecule has 0 unspecified atom stereocenters. The number of benzene rings is 1. The first-order valence-corrected chi connectivity index (χ1v) is 7.06. The Hall–Kier alpha value is -1.62. The molecule has 2 aromatic rings. The highest BCUT2D eigenvalue weighted by molar-refractivity contribution is 9.10. The third-order valence-electron chi connectivity index (χ3n) is 2.80. The Morgan fingerprint density at radius 1 is 1.21 bits per heavy atom.